The minimum atomic E-state index is -0.405. The summed E-state index contributed by atoms with van der Waals surface area (Å²) in [6, 6.07) is 14.6. The molecule has 0 saturated heterocycles. The number of aromatic nitrogens is 2. The third-order valence-electron chi connectivity index (χ3n) is 3.69. The van der Waals surface area contributed by atoms with Gasteiger partial charge < -0.3 is 13.6 Å². The zero-order valence-electron chi connectivity index (χ0n) is 13.2. The Kier molecular flexibility index (Phi) is 3.66. The molecule has 0 bridgehead atoms. The van der Waals surface area contributed by atoms with E-state index in [0.29, 0.717) is 17.1 Å². The highest BCUT2D eigenvalue weighted by Gasteiger charge is 2.18. The summed E-state index contributed by atoms with van der Waals surface area (Å²) in [7, 11) is 1.52. The van der Waals surface area contributed by atoms with E-state index in [0.717, 1.165) is 10.8 Å². The SMILES string of the molecule is COc1cc2ccccc2cc1C(=O)Nc1nnc(-c2ccco2)o1. The molecule has 0 saturated carbocycles. The maximum Gasteiger partial charge on any atom is 0.322 e. The van der Waals surface area contributed by atoms with Crippen molar-refractivity contribution in [2.24, 2.45) is 0 Å². The van der Waals surface area contributed by atoms with E-state index >= 15 is 0 Å². The summed E-state index contributed by atoms with van der Waals surface area (Å²) >= 11 is 0. The molecule has 2 aromatic heterocycles. The molecule has 0 aliphatic carbocycles. The summed E-state index contributed by atoms with van der Waals surface area (Å²) in [6.45, 7) is 0. The fourth-order valence-corrected chi connectivity index (χ4v) is 2.50. The fourth-order valence-electron chi connectivity index (χ4n) is 2.50. The van der Waals surface area contributed by atoms with Crippen LogP contribution in [0.2, 0.25) is 0 Å². The van der Waals surface area contributed by atoms with E-state index in [2.05, 4.69) is 15.5 Å². The van der Waals surface area contributed by atoms with Crippen molar-refractivity contribution in [1.82, 2.24) is 10.2 Å². The second-order valence-electron chi connectivity index (χ2n) is 5.24. The highest BCUT2D eigenvalue weighted by atomic mass is 16.5. The molecule has 2 aromatic carbocycles. The number of ether oxygens (including phenoxy) is 1. The topological polar surface area (TPSA) is 90.4 Å². The first kappa shape index (κ1) is 14.9. The summed E-state index contributed by atoms with van der Waals surface area (Å²) in [5.41, 5.74) is 0.374. The zero-order valence-corrected chi connectivity index (χ0v) is 13.2. The average molecular weight is 335 g/mol. The number of nitrogens with zero attached hydrogens (tertiary/aromatic N) is 2. The van der Waals surface area contributed by atoms with E-state index in [9.17, 15) is 4.79 Å². The number of amides is 1. The minimum absolute atomic E-state index is 0.0217. The van der Waals surface area contributed by atoms with E-state index in [-0.39, 0.29) is 11.9 Å². The van der Waals surface area contributed by atoms with Crippen LogP contribution in [-0.2, 0) is 0 Å². The van der Waals surface area contributed by atoms with Crippen LogP contribution in [0.3, 0.4) is 0 Å². The summed E-state index contributed by atoms with van der Waals surface area (Å²) in [5.74, 6) is 0.668. The molecule has 2 heterocycles. The number of furan rings is 1. The molecule has 25 heavy (non-hydrogen) atoms. The molecule has 0 spiro atoms. The van der Waals surface area contributed by atoms with Gasteiger partial charge in [-0.05, 0) is 35.0 Å². The van der Waals surface area contributed by atoms with Gasteiger partial charge in [0, 0.05) is 0 Å². The van der Waals surface area contributed by atoms with E-state index in [1.807, 2.05) is 30.3 Å². The molecule has 0 aliphatic rings. The molecule has 4 rings (SSSR count). The lowest BCUT2D eigenvalue weighted by Crippen LogP contribution is -2.13. The quantitative estimate of drug-likeness (QED) is 0.611. The van der Waals surface area contributed by atoms with Crippen LogP contribution < -0.4 is 10.1 Å². The summed E-state index contributed by atoms with van der Waals surface area (Å²) < 4.78 is 15.9. The van der Waals surface area contributed by atoms with Crippen molar-refractivity contribution in [2.45, 2.75) is 0 Å². The molecule has 7 heteroatoms. The lowest BCUT2D eigenvalue weighted by molar-refractivity contribution is 0.102. The lowest BCUT2D eigenvalue weighted by Gasteiger charge is -2.09. The number of carbonyl (C=O) groups excluding carboxylic acids is 1. The molecule has 0 aliphatic heterocycles. The number of fused-ring (bicyclic) bond motifs is 1. The van der Waals surface area contributed by atoms with Gasteiger partial charge in [-0.3, -0.25) is 10.1 Å². The summed E-state index contributed by atoms with van der Waals surface area (Å²) in [4.78, 5) is 12.6. The highest BCUT2D eigenvalue weighted by molar-refractivity contribution is 6.07. The fraction of sp³-hybridized carbons (Fsp3) is 0.0556. The maximum absolute atomic E-state index is 12.6. The van der Waals surface area contributed by atoms with Gasteiger partial charge in [-0.2, -0.15) is 0 Å². The second kappa shape index (κ2) is 6.12. The van der Waals surface area contributed by atoms with Crippen LogP contribution in [0.15, 0.2) is 63.6 Å². The Morgan fingerprint density at radius 1 is 1.08 bits per heavy atom. The molecule has 7 nitrogen and oxygen atoms in total. The molecule has 0 atom stereocenters. The van der Waals surface area contributed by atoms with Crippen LogP contribution in [0.1, 0.15) is 10.4 Å². The number of anilines is 1. The molecule has 124 valence electrons. The molecular formula is C18H13N3O4. The molecule has 4 aromatic rings. The van der Waals surface area contributed by atoms with Gasteiger partial charge in [0.25, 0.3) is 11.8 Å². The van der Waals surface area contributed by atoms with Crippen LogP contribution in [0.25, 0.3) is 22.4 Å². The smallest absolute Gasteiger partial charge is 0.322 e. The minimum Gasteiger partial charge on any atom is -0.496 e. The van der Waals surface area contributed by atoms with E-state index in [1.54, 1.807) is 18.2 Å². The molecule has 0 unspecified atom stereocenters. The van der Waals surface area contributed by atoms with Crippen molar-refractivity contribution < 1.29 is 18.4 Å². The maximum atomic E-state index is 12.6. The van der Waals surface area contributed by atoms with Crippen LogP contribution in [-0.4, -0.2) is 23.2 Å². The summed E-state index contributed by atoms with van der Waals surface area (Å²) in [5, 5.41) is 12.1. The standard InChI is InChI=1S/C18H13N3O4/c1-23-15-10-12-6-3-2-5-11(12)9-13(15)16(22)19-18-21-20-17(25-18)14-7-4-8-24-14/h2-10H,1H3,(H,19,21,22). The van der Waals surface area contributed by atoms with Crippen molar-refractivity contribution in [3.05, 3.63) is 60.4 Å². The number of benzene rings is 2. The van der Waals surface area contributed by atoms with Gasteiger partial charge in [0.15, 0.2) is 5.76 Å². The molecule has 1 amide bonds. The Balaban J connectivity index is 1.63. The van der Waals surface area contributed by atoms with Gasteiger partial charge in [0.2, 0.25) is 0 Å². The van der Waals surface area contributed by atoms with Crippen molar-refractivity contribution in [3.63, 3.8) is 0 Å². The molecule has 1 N–H and O–H groups in total. The Morgan fingerprint density at radius 2 is 1.88 bits per heavy atom. The Labute approximate surface area is 142 Å². The van der Waals surface area contributed by atoms with Crippen molar-refractivity contribution in [2.75, 3.05) is 12.4 Å². The normalized spacial score (nSPS) is 10.8. The number of nitrogens with one attached hydrogen (secondary N) is 1. The third-order valence-corrected chi connectivity index (χ3v) is 3.69. The number of hydrogen-bond donors (Lipinski definition) is 1. The zero-order chi connectivity index (χ0) is 17.2. The van der Waals surface area contributed by atoms with Gasteiger partial charge in [-0.15, -0.1) is 5.10 Å². The number of methoxy groups -OCH3 is 1. The Hall–Kier alpha value is -3.61. The number of carbonyl (C=O) groups is 1. The Morgan fingerprint density at radius 3 is 2.60 bits per heavy atom. The predicted molar refractivity (Wildman–Crippen MR) is 90.5 cm³/mol. The highest BCUT2D eigenvalue weighted by Crippen LogP contribution is 2.27. The van der Waals surface area contributed by atoms with Crippen molar-refractivity contribution >= 4 is 22.7 Å². The van der Waals surface area contributed by atoms with Crippen molar-refractivity contribution in [3.8, 4) is 17.4 Å². The largest absolute Gasteiger partial charge is 0.496 e. The third kappa shape index (κ3) is 2.83. The molecule has 0 fully saturated rings. The monoisotopic (exact) mass is 335 g/mol. The van der Waals surface area contributed by atoms with Crippen LogP contribution in [0.4, 0.5) is 6.01 Å². The average Bonchev–Trinajstić information content (AvgIpc) is 3.32. The van der Waals surface area contributed by atoms with Crippen LogP contribution in [0, 0.1) is 0 Å². The van der Waals surface area contributed by atoms with Crippen molar-refractivity contribution in [1.29, 1.82) is 0 Å². The molecule has 0 radical (unpaired) electrons. The molecular weight excluding hydrogens is 322 g/mol. The lowest BCUT2D eigenvalue weighted by atomic mass is 10.1. The van der Waals surface area contributed by atoms with Gasteiger partial charge in [-0.1, -0.05) is 29.4 Å². The first-order valence-corrected chi connectivity index (χ1v) is 7.50. The number of hydrogen-bond acceptors (Lipinski definition) is 6. The van der Waals surface area contributed by atoms with Crippen LogP contribution >= 0.6 is 0 Å². The van der Waals surface area contributed by atoms with E-state index < -0.39 is 5.91 Å². The summed E-state index contributed by atoms with van der Waals surface area (Å²) in [6.07, 6.45) is 1.50. The Bertz CT molecular complexity index is 1040. The van der Waals surface area contributed by atoms with Gasteiger partial charge in [0.05, 0.1) is 18.9 Å². The van der Waals surface area contributed by atoms with E-state index in [1.165, 1.54) is 13.4 Å². The first-order valence-electron chi connectivity index (χ1n) is 7.50. The number of rotatable bonds is 4. The second-order valence-corrected chi connectivity index (χ2v) is 5.24. The predicted octanol–water partition coefficient (Wildman–Crippen LogP) is 3.74. The van der Waals surface area contributed by atoms with Gasteiger partial charge in [-0.25, -0.2) is 0 Å². The van der Waals surface area contributed by atoms with Gasteiger partial charge >= 0.3 is 6.01 Å². The van der Waals surface area contributed by atoms with Gasteiger partial charge in [0.1, 0.15) is 5.75 Å². The first-order chi connectivity index (χ1) is 12.2. The van der Waals surface area contributed by atoms with Crippen LogP contribution in [0.5, 0.6) is 5.75 Å². The van der Waals surface area contributed by atoms with E-state index in [4.69, 9.17) is 13.6 Å².